The van der Waals surface area contributed by atoms with Gasteiger partial charge in [0, 0.05) is 4.47 Å². The molecule has 3 aromatic rings. The molecule has 0 spiro atoms. The van der Waals surface area contributed by atoms with Gasteiger partial charge in [0.05, 0.1) is 17.3 Å². The fourth-order valence-corrected chi connectivity index (χ4v) is 4.39. The van der Waals surface area contributed by atoms with E-state index < -0.39 is 17.8 Å². The molecule has 0 atom stereocenters. The van der Waals surface area contributed by atoms with Crippen LogP contribution in [-0.2, 0) is 9.59 Å². The Bertz CT molecular complexity index is 1370. The molecule has 0 aliphatic carbocycles. The third kappa shape index (κ3) is 6.20. The van der Waals surface area contributed by atoms with E-state index in [9.17, 15) is 14.4 Å². The van der Waals surface area contributed by atoms with E-state index in [1.807, 2.05) is 31.2 Å². The molecule has 8 nitrogen and oxygen atoms in total. The van der Waals surface area contributed by atoms with Crippen molar-refractivity contribution in [1.82, 2.24) is 5.32 Å². The average Bonchev–Trinajstić information content (AvgIpc) is 2.87. The van der Waals surface area contributed by atoms with Crippen LogP contribution in [0, 0.1) is 6.92 Å². The molecule has 1 saturated heterocycles. The van der Waals surface area contributed by atoms with Crippen molar-refractivity contribution in [1.29, 1.82) is 0 Å². The highest BCUT2D eigenvalue weighted by Gasteiger charge is 2.36. The number of nitrogens with zero attached hydrogens (tertiary/aromatic N) is 1. The topological polar surface area (TPSA) is 94.2 Å². The van der Waals surface area contributed by atoms with Gasteiger partial charge in [-0.25, -0.2) is 9.69 Å². The number of anilines is 1. The summed E-state index contributed by atoms with van der Waals surface area (Å²) in [5.41, 5.74) is 1.78. The summed E-state index contributed by atoms with van der Waals surface area (Å²) in [6.07, 6.45) is 1.40. The molecule has 4 amide bonds. The minimum atomic E-state index is -0.815. The second-order valence-corrected chi connectivity index (χ2v) is 9.75. The first-order valence-electron chi connectivity index (χ1n) is 11.1. The fraction of sp³-hybridized carbons (Fsp3) is 0.148. The lowest BCUT2D eigenvalue weighted by atomic mass is 10.1. The fourth-order valence-electron chi connectivity index (χ4n) is 3.55. The highest BCUT2D eigenvalue weighted by Crippen LogP contribution is 2.37. The highest BCUT2D eigenvalue weighted by molar-refractivity contribution is 9.10. The second-order valence-electron chi connectivity index (χ2n) is 7.98. The molecule has 1 heterocycles. The SMILES string of the molecule is COc1cc(C=C2C(=O)NC(=O)N(c3ccc(Br)cc3)C2=O)cc(Br)c1OCCOc1ccc(C)cc1. The Labute approximate surface area is 230 Å². The lowest BCUT2D eigenvalue weighted by Crippen LogP contribution is -2.54. The van der Waals surface area contributed by atoms with Gasteiger partial charge < -0.3 is 14.2 Å². The zero-order chi connectivity index (χ0) is 26.5. The molecule has 190 valence electrons. The zero-order valence-corrected chi connectivity index (χ0v) is 23.1. The van der Waals surface area contributed by atoms with Gasteiger partial charge in [-0.1, -0.05) is 33.6 Å². The van der Waals surface area contributed by atoms with Gasteiger partial charge in [0.25, 0.3) is 11.8 Å². The maximum atomic E-state index is 13.1. The first kappa shape index (κ1) is 26.4. The van der Waals surface area contributed by atoms with Crippen molar-refractivity contribution in [2.24, 2.45) is 0 Å². The number of aryl methyl sites for hydroxylation is 1. The van der Waals surface area contributed by atoms with Crippen molar-refractivity contribution in [2.75, 3.05) is 25.2 Å². The van der Waals surface area contributed by atoms with E-state index in [1.165, 1.54) is 13.2 Å². The number of imide groups is 2. The summed E-state index contributed by atoms with van der Waals surface area (Å²) in [6, 6.07) is 16.8. The molecule has 10 heteroatoms. The molecule has 4 rings (SSSR count). The standard InChI is InChI=1S/C27H22Br2N2O6/c1-16-3-9-20(10-4-16)36-11-12-37-24-22(29)14-17(15-23(24)35-2)13-21-25(32)30-27(34)31(26(21)33)19-7-5-18(28)6-8-19/h3-10,13-15H,11-12H2,1-2H3,(H,30,32,34). The highest BCUT2D eigenvalue weighted by atomic mass is 79.9. The summed E-state index contributed by atoms with van der Waals surface area (Å²) >= 11 is 6.80. The molecular formula is C27H22Br2N2O6. The van der Waals surface area contributed by atoms with Crippen LogP contribution in [0.15, 0.2) is 75.2 Å². The quantitative estimate of drug-likeness (QED) is 0.197. The van der Waals surface area contributed by atoms with E-state index in [2.05, 4.69) is 37.2 Å². The predicted octanol–water partition coefficient (Wildman–Crippen LogP) is 5.65. The molecule has 0 unspecified atom stereocenters. The molecular weight excluding hydrogens is 608 g/mol. The first-order valence-corrected chi connectivity index (χ1v) is 12.7. The molecule has 1 aliphatic rings. The Morgan fingerprint density at radius 1 is 0.919 bits per heavy atom. The van der Waals surface area contributed by atoms with E-state index in [4.69, 9.17) is 14.2 Å². The average molecular weight is 630 g/mol. The Morgan fingerprint density at radius 2 is 1.59 bits per heavy atom. The monoisotopic (exact) mass is 628 g/mol. The minimum absolute atomic E-state index is 0.198. The van der Waals surface area contributed by atoms with Crippen molar-refractivity contribution < 1.29 is 28.6 Å². The van der Waals surface area contributed by atoms with E-state index >= 15 is 0 Å². The number of benzene rings is 3. The van der Waals surface area contributed by atoms with Crippen LogP contribution in [0.3, 0.4) is 0 Å². The number of carbonyl (C=O) groups excluding carboxylic acids is 3. The Balaban J connectivity index is 1.52. The van der Waals surface area contributed by atoms with Crippen LogP contribution in [0.25, 0.3) is 6.08 Å². The van der Waals surface area contributed by atoms with Crippen LogP contribution in [0.5, 0.6) is 17.2 Å². The van der Waals surface area contributed by atoms with Crippen molar-refractivity contribution in [3.63, 3.8) is 0 Å². The number of amides is 4. The molecule has 1 fully saturated rings. The Hall–Kier alpha value is -3.63. The normalized spacial score (nSPS) is 14.5. The number of nitrogens with one attached hydrogen (secondary N) is 1. The smallest absolute Gasteiger partial charge is 0.335 e. The van der Waals surface area contributed by atoms with Crippen molar-refractivity contribution in [2.45, 2.75) is 6.92 Å². The summed E-state index contributed by atoms with van der Waals surface area (Å²) in [7, 11) is 1.49. The molecule has 0 radical (unpaired) electrons. The summed E-state index contributed by atoms with van der Waals surface area (Å²) in [5.74, 6) is 0.0596. The predicted molar refractivity (Wildman–Crippen MR) is 146 cm³/mol. The summed E-state index contributed by atoms with van der Waals surface area (Å²) < 4.78 is 18.4. The van der Waals surface area contributed by atoms with E-state index in [0.717, 1.165) is 20.7 Å². The lowest BCUT2D eigenvalue weighted by molar-refractivity contribution is -0.122. The van der Waals surface area contributed by atoms with Gasteiger partial charge in [-0.3, -0.25) is 14.9 Å². The first-order chi connectivity index (χ1) is 17.8. The Kier molecular flexibility index (Phi) is 8.30. The maximum absolute atomic E-state index is 13.1. The van der Waals surface area contributed by atoms with E-state index in [0.29, 0.717) is 33.8 Å². The number of ether oxygens (including phenoxy) is 3. The van der Waals surface area contributed by atoms with Crippen LogP contribution >= 0.6 is 31.9 Å². The zero-order valence-electron chi connectivity index (χ0n) is 19.9. The van der Waals surface area contributed by atoms with Gasteiger partial charge in [0.1, 0.15) is 24.5 Å². The molecule has 3 aromatic carbocycles. The summed E-state index contributed by atoms with van der Waals surface area (Å²) in [4.78, 5) is 39.0. The Morgan fingerprint density at radius 3 is 2.27 bits per heavy atom. The number of carbonyl (C=O) groups is 3. The van der Waals surface area contributed by atoms with Crippen LogP contribution in [-0.4, -0.2) is 38.2 Å². The van der Waals surface area contributed by atoms with Gasteiger partial charge >= 0.3 is 6.03 Å². The maximum Gasteiger partial charge on any atom is 0.335 e. The largest absolute Gasteiger partial charge is 0.493 e. The molecule has 1 N–H and O–H groups in total. The summed E-state index contributed by atoms with van der Waals surface area (Å²) in [6.45, 7) is 2.58. The molecule has 37 heavy (non-hydrogen) atoms. The number of barbiturate groups is 1. The number of hydrogen-bond donors (Lipinski definition) is 1. The van der Waals surface area contributed by atoms with Crippen molar-refractivity contribution >= 4 is 61.5 Å². The number of halogens is 2. The van der Waals surface area contributed by atoms with Gasteiger partial charge in [-0.15, -0.1) is 0 Å². The second kappa shape index (κ2) is 11.6. The van der Waals surface area contributed by atoms with Crippen molar-refractivity contribution in [3.05, 3.63) is 86.3 Å². The molecule has 0 bridgehead atoms. The van der Waals surface area contributed by atoms with E-state index in [-0.39, 0.29) is 12.2 Å². The number of urea groups is 1. The molecule has 0 saturated carbocycles. The molecule has 1 aliphatic heterocycles. The van der Waals surface area contributed by atoms with Crippen LogP contribution in [0.1, 0.15) is 11.1 Å². The summed E-state index contributed by atoms with van der Waals surface area (Å²) in [5, 5.41) is 2.21. The van der Waals surface area contributed by atoms with Crippen LogP contribution in [0.2, 0.25) is 0 Å². The third-order valence-corrected chi connectivity index (χ3v) is 6.49. The number of methoxy groups -OCH3 is 1. The van der Waals surface area contributed by atoms with Gasteiger partial charge in [0.2, 0.25) is 0 Å². The van der Waals surface area contributed by atoms with E-state index in [1.54, 1.807) is 36.4 Å². The van der Waals surface area contributed by atoms with Gasteiger partial charge in [-0.2, -0.15) is 0 Å². The number of hydrogen-bond acceptors (Lipinski definition) is 6. The van der Waals surface area contributed by atoms with Gasteiger partial charge in [0.15, 0.2) is 11.5 Å². The van der Waals surface area contributed by atoms with Crippen LogP contribution in [0.4, 0.5) is 10.5 Å². The number of rotatable bonds is 8. The lowest BCUT2D eigenvalue weighted by Gasteiger charge is -2.26. The minimum Gasteiger partial charge on any atom is -0.493 e. The van der Waals surface area contributed by atoms with Crippen LogP contribution < -0.4 is 24.4 Å². The van der Waals surface area contributed by atoms with Crippen molar-refractivity contribution in [3.8, 4) is 17.2 Å². The van der Waals surface area contributed by atoms with Gasteiger partial charge in [-0.05, 0) is 83.0 Å². The third-order valence-electron chi connectivity index (χ3n) is 5.37. The molecule has 0 aromatic heterocycles.